The smallest absolute Gasteiger partial charge is 0.251 e. The summed E-state index contributed by atoms with van der Waals surface area (Å²) in [5.74, 6) is 0.238. The summed E-state index contributed by atoms with van der Waals surface area (Å²) < 4.78 is 32.8. The van der Waals surface area contributed by atoms with Gasteiger partial charge in [-0.25, -0.2) is 8.42 Å². The van der Waals surface area contributed by atoms with Crippen molar-refractivity contribution in [2.24, 2.45) is 0 Å². The molecular weight excluding hydrogens is 483 g/mol. The molecule has 0 bridgehead atoms. The summed E-state index contributed by atoms with van der Waals surface area (Å²) in [6, 6.07) is 18.1. The van der Waals surface area contributed by atoms with Crippen LogP contribution in [0.1, 0.15) is 28.4 Å². The molecule has 0 unspecified atom stereocenters. The molecule has 0 spiro atoms. The molecule has 0 aliphatic carbocycles. The Morgan fingerprint density at radius 3 is 2.18 bits per heavy atom. The Balaban J connectivity index is 1.79. The van der Waals surface area contributed by atoms with Crippen molar-refractivity contribution in [2.45, 2.75) is 24.9 Å². The quantitative estimate of drug-likeness (QED) is 0.435. The van der Waals surface area contributed by atoms with E-state index in [-0.39, 0.29) is 17.3 Å². The fraction of sp³-hybridized carbons (Fsp3) is 0.208. The number of halogens is 2. The van der Waals surface area contributed by atoms with Gasteiger partial charge in [0.05, 0.1) is 11.5 Å². The molecule has 3 aromatic carbocycles. The Morgan fingerprint density at radius 2 is 1.58 bits per heavy atom. The van der Waals surface area contributed by atoms with Gasteiger partial charge in [0, 0.05) is 41.3 Å². The van der Waals surface area contributed by atoms with Crippen LogP contribution in [0.5, 0.6) is 5.75 Å². The number of nitrogens with zero attached hydrogens (tertiary/aromatic N) is 1. The highest BCUT2D eigenvalue weighted by atomic mass is 35.5. The van der Waals surface area contributed by atoms with Gasteiger partial charge in [-0.3, -0.25) is 4.79 Å². The standard InChI is InChI=1S/C24H24Cl2N2O4S/c1-3-32-23-13-6-18(24(29)27-15-17-4-7-20(25)8-5-17)14-19(23)16-28(2)33(30,31)22-11-9-21(26)10-12-22/h4-14H,3,15-16H2,1-2H3,(H,27,29). The second-order valence-corrected chi connectivity index (χ2v) is 10.2. The Bertz CT molecular complexity index is 1210. The second kappa shape index (κ2) is 11.0. The van der Waals surface area contributed by atoms with Crippen molar-refractivity contribution in [2.75, 3.05) is 13.7 Å². The molecule has 0 saturated carbocycles. The van der Waals surface area contributed by atoms with Crippen molar-refractivity contribution >= 4 is 39.1 Å². The van der Waals surface area contributed by atoms with Crippen molar-refractivity contribution in [3.63, 3.8) is 0 Å². The molecule has 0 atom stereocenters. The Morgan fingerprint density at radius 1 is 0.970 bits per heavy atom. The van der Waals surface area contributed by atoms with Crippen LogP contribution in [0, 0.1) is 0 Å². The van der Waals surface area contributed by atoms with Crippen LogP contribution in [0.4, 0.5) is 0 Å². The predicted octanol–water partition coefficient (Wildman–Crippen LogP) is 5.14. The number of carbonyl (C=O) groups excluding carboxylic acids is 1. The zero-order chi connectivity index (χ0) is 24.0. The summed E-state index contributed by atoms with van der Waals surface area (Å²) in [6.45, 7) is 2.61. The second-order valence-electron chi connectivity index (χ2n) is 7.28. The lowest BCUT2D eigenvalue weighted by atomic mass is 10.1. The zero-order valence-corrected chi connectivity index (χ0v) is 20.5. The van der Waals surface area contributed by atoms with E-state index in [0.29, 0.717) is 40.1 Å². The lowest BCUT2D eigenvalue weighted by Gasteiger charge is -2.20. The maximum atomic E-state index is 13.0. The van der Waals surface area contributed by atoms with Crippen LogP contribution in [-0.2, 0) is 23.1 Å². The molecule has 3 aromatic rings. The summed E-state index contributed by atoms with van der Waals surface area (Å²) in [5, 5.41) is 3.94. The summed E-state index contributed by atoms with van der Waals surface area (Å²) in [5.41, 5.74) is 1.89. The van der Waals surface area contributed by atoms with Gasteiger partial charge in [0.1, 0.15) is 5.75 Å². The average Bonchev–Trinajstić information content (AvgIpc) is 2.80. The number of ether oxygens (including phenoxy) is 1. The van der Waals surface area contributed by atoms with E-state index in [1.165, 1.54) is 35.6 Å². The third kappa shape index (κ3) is 6.48. The molecule has 0 fully saturated rings. The van der Waals surface area contributed by atoms with E-state index >= 15 is 0 Å². The minimum atomic E-state index is -3.76. The van der Waals surface area contributed by atoms with Gasteiger partial charge in [0.2, 0.25) is 10.0 Å². The van der Waals surface area contributed by atoms with Gasteiger partial charge >= 0.3 is 0 Å². The minimum Gasteiger partial charge on any atom is -0.494 e. The Hall–Kier alpha value is -2.58. The van der Waals surface area contributed by atoms with E-state index in [1.54, 1.807) is 30.3 Å². The van der Waals surface area contributed by atoms with Crippen LogP contribution in [0.15, 0.2) is 71.6 Å². The predicted molar refractivity (Wildman–Crippen MR) is 130 cm³/mol. The number of rotatable bonds is 9. The highest BCUT2D eigenvalue weighted by molar-refractivity contribution is 7.89. The number of hydrogen-bond donors (Lipinski definition) is 1. The van der Waals surface area contributed by atoms with Crippen LogP contribution < -0.4 is 10.1 Å². The molecule has 1 N–H and O–H groups in total. The topological polar surface area (TPSA) is 75.7 Å². The number of nitrogens with one attached hydrogen (secondary N) is 1. The van der Waals surface area contributed by atoms with Gasteiger partial charge in [0.15, 0.2) is 0 Å². The fourth-order valence-electron chi connectivity index (χ4n) is 3.14. The van der Waals surface area contributed by atoms with Crippen molar-refractivity contribution in [3.8, 4) is 5.75 Å². The molecule has 0 aliphatic heterocycles. The Labute approximate surface area is 204 Å². The third-order valence-electron chi connectivity index (χ3n) is 4.90. The van der Waals surface area contributed by atoms with E-state index < -0.39 is 10.0 Å². The highest BCUT2D eigenvalue weighted by Gasteiger charge is 2.23. The SMILES string of the molecule is CCOc1ccc(C(=O)NCc2ccc(Cl)cc2)cc1CN(C)S(=O)(=O)c1ccc(Cl)cc1. The van der Waals surface area contributed by atoms with Gasteiger partial charge in [-0.15, -0.1) is 0 Å². The monoisotopic (exact) mass is 506 g/mol. The molecule has 0 aromatic heterocycles. The van der Waals surface area contributed by atoms with Crippen LogP contribution in [0.2, 0.25) is 10.0 Å². The molecule has 1 amide bonds. The van der Waals surface area contributed by atoms with Crippen molar-refractivity contribution in [3.05, 3.63) is 93.5 Å². The number of amides is 1. The summed E-state index contributed by atoms with van der Waals surface area (Å²) in [4.78, 5) is 12.8. The molecular formula is C24H24Cl2N2O4S. The lowest BCUT2D eigenvalue weighted by Crippen LogP contribution is -2.27. The van der Waals surface area contributed by atoms with E-state index in [9.17, 15) is 13.2 Å². The Kier molecular flexibility index (Phi) is 8.37. The first-order valence-electron chi connectivity index (χ1n) is 10.2. The molecule has 0 radical (unpaired) electrons. The highest BCUT2D eigenvalue weighted by Crippen LogP contribution is 2.25. The van der Waals surface area contributed by atoms with Gasteiger partial charge in [-0.1, -0.05) is 35.3 Å². The molecule has 6 nitrogen and oxygen atoms in total. The number of benzene rings is 3. The largest absolute Gasteiger partial charge is 0.494 e. The molecule has 0 aliphatic rings. The molecule has 0 heterocycles. The van der Waals surface area contributed by atoms with Crippen molar-refractivity contribution in [1.29, 1.82) is 0 Å². The molecule has 0 saturated heterocycles. The van der Waals surface area contributed by atoms with Gasteiger partial charge in [0.25, 0.3) is 5.91 Å². The summed E-state index contributed by atoms with van der Waals surface area (Å²) in [6.07, 6.45) is 0. The van der Waals surface area contributed by atoms with E-state index in [1.807, 2.05) is 19.1 Å². The van der Waals surface area contributed by atoms with Gasteiger partial charge in [-0.05, 0) is 67.1 Å². The van der Waals surface area contributed by atoms with Crippen LogP contribution in [-0.4, -0.2) is 32.3 Å². The first-order valence-corrected chi connectivity index (χ1v) is 12.4. The van der Waals surface area contributed by atoms with Crippen molar-refractivity contribution < 1.29 is 17.9 Å². The first-order chi connectivity index (χ1) is 15.7. The lowest BCUT2D eigenvalue weighted by molar-refractivity contribution is 0.0950. The maximum Gasteiger partial charge on any atom is 0.251 e. The first kappa shape index (κ1) is 25.1. The summed E-state index contributed by atoms with van der Waals surface area (Å²) >= 11 is 11.8. The zero-order valence-electron chi connectivity index (χ0n) is 18.2. The molecule has 33 heavy (non-hydrogen) atoms. The van der Waals surface area contributed by atoms with Crippen LogP contribution in [0.3, 0.4) is 0 Å². The van der Waals surface area contributed by atoms with E-state index in [0.717, 1.165) is 5.56 Å². The van der Waals surface area contributed by atoms with Crippen molar-refractivity contribution in [1.82, 2.24) is 9.62 Å². The normalized spacial score (nSPS) is 11.4. The number of sulfonamides is 1. The van der Waals surface area contributed by atoms with Crippen LogP contribution >= 0.6 is 23.2 Å². The van der Waals surface area contributed by atoms with Gasteiger partial charge < -0.3 is 10.1 Å². The maximum absolute atomic E-state index is 13.0. The van der Waals surface area contributed by atoms with E-state index in [4.69, 9.17) is 27.9 Å². The average molecular weight is 507 g/mol. The van der Waals surface area contributed by atoms with Crippen LogP contribution in [0.25, 0.3) is 0 Å². The fourth-order valence-corrected chi connectivity index (χ4v) is 4.54. The number of carbonyl (C=O) groups is 1. The third-order valence-corrected chi connectivity index (χ3v) is 7.23. The molecule has 3 rings (SSSR count). The molecule has 174 valence electrons. The minimum absolute atomic E-state index is 0.0264. The summed E-state index contributed by atoms with van der Waals surface area (Å²) in [7, 11) is -2.28. The van der Waals surface area contributed by atoms with Gasteiger partial charge in [-0.2, -0.15) is 4.31 Å². The molecule has 9 heteroatoms. The number of hydrogen-bond acceptors (Lipinski definition) is 4. The van der Waals surface area contributed by atoms with E-state index in [2.05, 4.69) is 5.32 Å².